The number of amides is 2. The molecular formula is C21H28ClN3O4. The van der Waals surface area contributed by atoms with Crippen molar-refractivity contribution in [2.75, 3.05) is 20.3 Å². The van der Waals surface area contributed by atoms with Crippen molar-refractivity contribution in [3.63, 3.8) is 0 Å². The highest BCUT2D eigenvalue weighted by molar-refractivity contribution is 5.95. The molecule has 8 heteroatoms. The fraction of sp³-hybridized carbons (Fsp3) is 0.333. The number of ether oxygens (including phenoxy) is 2. The fourth-order valence-electron chi connectivity index (χ4n) is 2.56. The molecule has 1 atom stereocenters. The van der Waals surface area contributed by atoms with E-state index in [0.29, 0.717) is 23.6 Å². The third kappa shape index (κ3) is 7.63. The summed E-state index contributed by atoms with van der Waals surface area (Å²) in [7, 11) is 1.48. The second kappa shape index (κ2) is 11.9. The van der Waals surface area contributed by atoms with Crippen LogP contribution in [0.5, 0.6) is 11.5 Å². The molecule has 0 saturated heterocycles. The van der Waals surface area contributed by atoms with Crippen molar-refractivity contribution >= 4 is 24.2 Å². The van der Waals surface area contributed by atoms with Gasteiger partial charge in [0.25, 0.3) is 11.8 Å². The number of methoxy groups -OCH3 is 1. The zero-order chi connectivity index (χ0) is 20.5. The third-order valence-corrected chi connectivity index (χ3v) is 3.94. The van der Waals surface area contributed by atoms with Crippen molar-refractivity contribution in [3.05, 3.63) is 59.7 Å². The zero-order valence-electron chi connectivity index (χ0n) is 16.8. The van der Waals surface area contributed by atoms with Crippen LogP contribution in [0.4, 0.5) is 0 Å². The van der Waals surface area contributed by atoms with E-state index in [2.05, 4.69) is 10.6 Å². The Hall–Kier alpha value is -2.77. The van der Waals surface area contributed by atoms with Gasteiger partial charge in [-0.25, -0.2) is 0 Å². The van der Waals surface area contributed by atoms with Crippen molar-refractivity contribution in [3.8, 4) is 11.5 Å². The predicted molar refractivity (Wildman–Crippen MR) is 115 cm³/mol. The standard InChI is InChI=1S/C21H27N3O4.ClH/c1-14(2)24-20(25)13-28-18-10-9-16(11-19(18)27-3)21(26)23-12-17(22)15-7-5-4-6-8-15;/h4-11,14,17H,12-13,22H2,1-3H3,(H,23,26)(H,24,25);1H. The van der Waals surface area contributed by atoms with Gasteiger partial charge in [0.2, 0.25) is 0 Å². The van der Waals surface area contributed by atoms with Gasteiger partial charge in [-0.1, -0.05) is 30.3 Å². The lowest BCUT2D eigenvalue weighted by atomic mass is 10.1. The minimum absolute atomic E-state index is 0. The SMILES string of the molecule is COc1cc(C(=O)NCC(N)c2ccccc2)ccc1OCC(=O)NC(C)C.Cl. The summed E-state index contributed by atoms with van der Waals surface area (Å²) in [4.78, 5) is 24.1. The Kier molecular flexibility index (Phi) is 9.99. The number of benzene rings is 2. The summed E-state index contributed by atoms with van der Waals surface area (Å²) in [6.45, 7) is 3.91. The van der Waals surface area contributed by atoms with Crippen LogP contribution in [0.1, 0.15) is 35.8 Å². The first kappa shape index (κ1) is 24.3. The summed E-state index contributed by atoms with van der Waals surface area (Å²) in [5, 5.41) is 5.56. The Morgan fingerprint density at radius 1 is 1.07 bits per heavy atom. The molecule has 0 aromatic heterocycles. The molecule has 0 saturated carbocycles. The van der Waals surface area contributed by atoms with Crippen LogP contribution in [0.15, 0.2) is 48.5 Å². The Labute approximate surface area is 177 Å². The van der Waals surface area contributed by atoms with Crippen LogP contribution in [0.3, 0.4) is 0 Å². The summed E-state index contributed by atoms with van der Waals surface area (Å²) >= 11 is 0. The maximum absolute atomic E-state index is 12.4. The number of halogens is 1. The molecule has 2 aromatic carbocycles. The molecule has 0 spiro atoms. The van der Waals surface area contributed by atoms with Gasteiger partial charge >= 0.3 is 0 Å². The van der Waals surface area contributed by atoms with Gasteiger partial charge in [0, 0.05) is 24.2 Å². The van der Waals surface area contributed by atoms with Gasteiger partial charge in [-0.2, -0.15) is 0 Å². The molecule has 1 unspecified atom stereocenters. The Morgan fingerprint density at radius 3 is 2.38 bits per heavy atom. The number of rotatable bonds is 9. The monoisotopic (exact) mass is 421 g/mol. The van der Waals surface area contributed by atoms with Crippen LogP contribution < -0.4 is 25.8 Å². The molecule has 2 rings (SSSR count). The fourth-order valence-corrected chi connectivity index (χ4v) is 2.56. The molecule has 7 nitrogen and oxygen atoms in total. The van der Waals surface area contributed by atoms with E-state index in [0.717, 1.165) is 5.56 Å². The van der Waals surface area contributed by atoms with Crippen LogP contribution in [0.25, 0.3) is 0 Å². The average Bonchev–Trinajstić information content (AvgIpc) is 2.70. The highest BCUT2D eigenvalue weighted by atomic mass is 35.5. The maximum atomic E-state index is 12.4. The highest BCUT2D eigenvalue weighted by Gasteiger charge is 2.14. The van der Waals surface area contributed by atoms with Crippen molar-refractivity contribution in [2.45, 2.75) is 25.9 Å². The molecule has 0 radical (unpaired) electrons. The van der Waals surface area contributed by atoms with E-state index >= 15 is 0 Å². The minimum Gasteiger partial charge on any atom is -0.493 e. The van der Waals surface area contributed by atoms with Crippen molar-refractivity contribution < 1.29 is 19.1 Å². The van der Waals surface area contributed by atoms with Crippen molar-refractivity contribution in [2.24, 2.45) is 5.73 Å². The minimum atomic E-state index is -0.297. The summed E-state index contributed by atoms with van der Waals surface area (Å²) in [6.07, 6.45) is 0. The number of carbonyl (C=O) groups is 2. The first-order valence-electron chi connectivity index (χ1n) is 9.09. The molecular weight excluding hydrogens is 394 g/mol. The van der Waals surface area contributed by atoms with E-state index < -0.39 is 0 Å². The molecule has 0 aliphatic carbocycles. The van der Waals surface area contributed by atoms with Gasteiger partial charge in [0.15, 0.2) is 18.1 Å². The zero-order valence-corrected chi connectivity index (χ0v) is 17.6. The first-order valence-corrected chi connectivity index (χ1v) is 9.09. The lowest BCUT2D eigenvalue weighted by Gasteiger charge is -2.15. The Morgan fingerprint density at radius 2 is 1.76 bits per heavy atom. The van der Waals surface area contributed by atoms with Crippen LogP contribution in [-0.4, -0.2) is 38.1 Å². The Balaban J connectivity index is 0.00000420. The topological polar surface area (TPSA) is 103 Å². The molecule has 4 N–H and O–H groups in total. The molecule has 29 heavy (non-hydrogen) atoms. The third-order valence-electron chi connectivity index (χ3n) is 3.94. The number of carbonyl (C=O) groups excluding carboxylic acids is 2. The first-order chi connectivity index (χ1) is 13.4. The normalized spacial score (nSPS) is 11.2. The molecule has 0 aliphatic rings. The van der Waals surface area contributed by atoms with Crippen LogP contribution in [0.2, 0.25) is 0 Å². The summed E-state index contributed by atoms with van der Waals surface area (Å²) in [5.74, 6) is 0.263. The second-order valence-electron chi connectivity index (χ2n) is 6.60. The second-order valence-corrected chi connectivity index (χ2v) is 6.60. The number of nitrogens with two attached hydrogens (primary N) is 1. The van der Waals surface area contributed by atoms with Crippen LogP contribution >= 0.6 is 12.4 Å². The average molecular weight is 422 g/mol. The number of hydrogen-bond donors (Lipinski definition) is 3. The predicted octanol–water partition coefficient (Wildman–Crippen LogP) is 2.45. The van der Waals surface area contributed by atoms with Gasteiger partial charge in [0.1, 0.15) is 0 Å². The van der Waals surface area contributed by atoms with Crippen molar-refractivity contribution in [1.82, 2.24) is 10.6 Å². The van der Waals surface area contributed by atoms with Crippen LogP contribution in [-0.2, 0) is 4.79 Å². The van der Waals surface area contributed by atoms with Crippen molar-refractivity contribution in [1.29, 1.82) is 0 Å². The maximum Gasteiger partial charge on any atom is 0.258 e. The Bertz CT molecular complexity index is 800. The number of hydrogen-bond acceptors (Lipinski definition) is 5. The van der Waals surface area contributed by atoms with E-state index in [1.165, 1.54) is 7.11 Å². The van der Waals surface area contributed by atoms with E-state index in [1.54, 1.807) is 18.2 Å². The van der Waals surface area contributed by atoms with E-state index in [4.69, 9.17) is 15.2 Å². The summed E-state index contributed by atoms with van der Waals surface area (Å²) in [5.41, 5.74) is 7.47. The molecule has 0 bridgehead atoms. The van der Waals surface area contributed by atoms with E-state index in [9.17, 15) is 9.59 Å². The lowest BCUT2D eigenvalue weighted by Crippen LogP contribution is -2.34. The van der Waals surface area contributed by atoms with E-state index in [1.807, 2.05) is 44.2 Å². The van der Waals surface area contributed by atoms with Gasteiger partial charge < -0.3 is 25.8 Å². The molecule has 2 aromatic rings. The molecule has 158 valence electrons. The van der Waals surface area contributed by atoms with E-state index in [-0.39, 0.29) is 42.9 Å². The summed E-state index contributed by atoms with van der Waals surface area (Å²) < 4.78 is 10.8. The largest absolute Gasteiger partial charge is 0.493 e. The molecule has 0 aliphatic heterocycles. The molecule has 2 amide bonds. The van der Waals surface area contributed by atoms with Gasteiger partial charge in [-0.05, 0) is 37.6 Å². The van der Waals surface area contributed by atoms with Crippen LogP contribution in [0, 0.1) is 0 Å². The number of nitrogens with one attached hydrogen (secondary N) is 2. The highest BCUT2D eigenvalue weighted by Crippen LogP contribution is 2.28. The smallest absolute Gasteiger partial charge is 0.258 e. The van der Waals surface area contributed by atoms with Gasteiger partial charge in [-0.3, -0.25) is 9.59 Å². The quantitative estimate of drug-likeness (QED) is 0.577. The molecule has 0 heterocycles. The molecule has 0 fully saturated rings. The van der Waals surface area contributed by atoms with Gasteiger partial charge in [0.05, 0.1) is 7.11 Å². The summed E-state index contributed by atoms with van der Waals surface area (Å²) in [6, 6.07) is 14.1. The lowest BCUT2D eigenvalue weighted by molar-refractivity contribution is -0.123. The van der Waals surface area contributed by atoms with Gasteiger partial charge in [-0.15, -0.1) is 12.4 Å².